The molecule has 9 nitrogen and oxygen atoms in total. The van der Waals surface area contributed by atoms with Crippen LogP contribution in [0.25, 0.3) is 0 Å². The van der Waals surface area contributed by atoms with Crippen LogP contribution >= 0.6 is 0 Å². The van der Waals surface area contributed by atoms with E-state index in [0.29, 0.717) is 11.3 Å². The van der Waals surface area contributed by atoms with Gasteiger partial charge in [-0.25, -0.2) is 4.18 Å². The Balaban J connectivity index is 2.15. The van der Waals surface area contributed by atoms with Gasteiger partial charge in [0, 0.05) is 12.1 Å². The first kappa shape index (κ1) is 18.0. The van der Waals surface area contributed by atoms with Gasteiger partial charge in [-0.3, -0.25) is 9.35 Å². The van der Waals surface area contributed by atoms with Crippen molar-refractivity contribution in [3.8, 4) is 23.0 Å². The largest absolute Gasteiger partial charge is 0.508 e. The van der Waals surface area contributed by atoms with Crippen LogP contribution in [0.4, 0.5) is 0 Å². The lowest BCUT2D eigenvalue weighted by Gasteiger charge is -2.32. The molecule has 2 unspecified atom stereocenters. The Hall–Kier alpha value is -2.82. The van der Waals surface area contributed by atoms with Crippen molar-refractivity contribution in [1.29, 1.82) is 0 Å². The number of carbonyl (C=O) groups is 1. The number of rotatable bonds is 4. The molecule has 2 aromatic carbocycles. The monoisotopic (exact) mass is 382 g/mol. The average Bonchev–Trinajstić information content (AvgIpc) is 2.55. The number of methoxy groups -OCH3 is 1. The van der Waals surface area contributed by atoms with Gasteiger partial charge >= 0.3 is 10.4 Å². The minimum Gasteiger partial charge on any atom is -0.508 e. The number of ether oxygens (including phenoxy) is 2. The lowest BCUT2D eigenvalue weighted by atomic mass is 9.93. The van der Waals surface area contributed by atoms with E-state index in [1.807, 2.05) is 0 Å². The molecule has 1 aliphatic rings. The summed E-state index contributed by atoms with van der Waals surface area (Å²) in [7, 11) is -3.58. The number of aromatic hydroxyl groups is 2. The third-order valence-corrected chi connectivity index (χ3v) is 4.20. The number of hydrogen-bond acceptors (Lipinski definition) is 8. The highest BCUT2D eigenvalue weighted by molar-refractivity contribution is 7.80. The van der Waals surface area contributed by atoms with Crippen molar-refractivity contribution in [3.63, 3.8) is 0 Å². The topological polar surface area (TPSA) is 140 Å². The number of hydrogen-bond donors (Lipinski definition) is 3. The van der Waals surface area contributed by atoms with Gasteiger partial charge in [0.05, 0.1) is 7.11 Å². The Morgan fingerprint density at radius 3 is 2.54 bits per heavy atom. The molecule has 0 amide bonds. The molecular formula is C16H14O9S. The maximum absolute atomic E-state index is 12.7. The minimum atomic E-state index is -5.00. The van der Waals surface area contributed by atoms with Crippen molar-refractivity contribution in [1.82, 2.24) is 0 Å². The van der Waals surface area contributed by atoms with E-state index in [4.69, 9.17) is 14.0 Å². The first-order valence-electron chi connectivity index (χ1n) is 7.26. The van der Waals surface area contributed by atoms with E-state index in [9.17, 15) is 23.4 Å². The summed E-state index contributed by atoms with van der Waals surface area (Å²) in [6, 6.07) is 8.24. The van der Waals surface area contributed by atoms with Gasteiger partial charge in [-0.15, -0.1) is 0 Å². The van der Waals surface area contributed by atoms with Crippen molar-refractivity contribution in [2.45, 2.75) is 12.2 Å². The predicted octanol–water partition coefficient (Wildman–Crippen LogP) is 1.61. The molecule has 2 atom stereocenters. The Morgan fingerprint density at radius 2 is 1.88 bits per heavy atom. The summed E-state index contributed by atoms with van der Waals surface area (Å²) in [4.78, 5) is 12.7. The van der Waals surface area contributed by atoms with Crippen LogP contribution in [0.5, 0.6) is 23.0 Å². The molecule has 0 aromatic heterocycles. The number of benzene rings is 2. The standard InChI is InChI=1S/C16H14O9S/c1-23-10-4-2-3-8(5-10)15-16(25-26(20,21)22)14(19)13-11(18)6-9(17)7-12(13)24-15/h2-7,15-18H,1H3,(H,20,21,22). The first-order chi connectivity index (χ1) is 12.2. The SMILES string of the molecule is COc1cccc(C2Oc3cc(O)cc(O)c3C(=O)C2OS(=O)(=O)O)c1. The van der Waals surface area contributed by atoms with Crippen LogP contribution in [0.3, 0.4) is 0 Å². The minimum absolute atomic E-state index is 0.157. The van der Waals surface area contributed by atoms with E-state index in [1.165, 1.54) is 19.2 Å². The molecule has 26 heavy (non-hydrogen) atoms. The van der Waals surface area contributed by atoms with Gasteiger partial charge in [0.25, 0.3) is 0 Å². The lowest BCUT2D eigenvalue weighted by molar-refractivity contribution is 0.0292. The van der Waals surface area contributed by atoms with E-state index < -0.39 is 34.1 Å². The number of phenols is 2. The van der Waals surface area contributed by atoms with Crippen LogP contribution in [-0.2, 0) is 14.6 Å². The molecule has 0 radical (unpaired) electrons. The summed E-state index contributed by atoms with van der Waals surface area (Å²) in [5, 5.41) is 19.5. The van der Waals surface area contributed by atoms with Gasteiger partial charge in [-0.05, 0) is 17.7 Å². The van der Waals surface area contributed by atoms with Crippen LogP contribution < -0.4 is 9.47 Å². The van der Waals surface area contributed by atoms with Crippen LogP contribution in [0.1, 0.15) is 22.0 Å². The summed E-state index contributed by atoms with van der Waals surface area (Å²) >= 11 is 0. The van der Waals surface area contributed by atoms with Gasteiger partial charge in [0.2, 0.25) is 5.78 Å². The first-order valence-corrected chi connectivity index (χ1v) is 8.62. The number of fused-ring (bicyclic) bond motifs is 1. The third kappa shape index (κ3) is 3.43. The Bertz CT molecular complexity index is 968. The molecule has 0 bridgehead atoms. The van der Waals surface area contributed by atoms with Crippen LogP contribution in [-0.4, -0.2) is 42.2 Å². The van der Waals surface area contributed by atoms with Gasteiger partial charge in [0.1, 0.15) is 28.6 Å². The van der Waals surface area contributed by atoms with E-state index in [0.717, 1.165) is 12.1 Å². The van der Waals surface area contributed by atoms with Crippen LogP contribution in [0.15, 0.2) is 36.4 Å². The molecule has 3 N–H and O–H groups in total. The summed E-state index contributed by atoms with van der Waals surface area (Å²) in [5.41, 5.74) is -0.0459. The summed E-state index contributed by atoms with van der Waals surface area (Å²) in [6.07, 6.45) is -3.08. The molecular weight excluding hydrogens is 368 g/mol. The number of Topliss-reactive ketones (excluding diaryl/α,β-unsaturated/α-hetero) is 1. The second kappa shape index (κ2) is 6.48. The van der Waals surface area contributed by atoms with Gasteiger partial charge in [-0.2, -0.15) is 8.42 Å². The van der Waals surface area contributed by atoms with Crippen molar-refractivity contribution in [2.75, 3.05) is 7.11 Å². The van der Waals surface area contributed by atoms with Crippen molar-refractivity contribution in [2.24, 2.45) is 0 Å². The molecule has 138 valence electrons. The van der Waals surface area contributed by atoms with Crippen molar-refractivity contribution in [3.05, 3.63) is 47.5 Å². The van der Waals surface area contributed by atoms with Crippen molar-refractivity contribution >= 4 is 16.2 Å². The normalized spacial score (nSPS) is 19.5. The average molecular weight is 382 g/mol. The second-order valence-electron chi connectivity index (χ2n) is 5.46. The molecule has 0 fully saturated rings. The maximum Gasteiger partial charge on any atom is 0.398 e. The van der Waals surface area contributed by atoms with E-state index in [2.05, 4.69) is 4.18 Å². The summed E-state index contributed by atoms with van der Waals surface area (Å²) in [6.45, 7) is 0. The molecule has 2 aromatic rings. The molecule has 3 rings (SSSR count). The third-order valence-electron chi connectivity index (χ3n) is 3.75. The molecule has 1 heterocycles. The van der Waals surface area contributed by atoms with E-state index in [-0.39, 0.29) is 17.1 Å². The summed E-state index contributed by atoms with van der Waals surface area (Å²) < 4.78 is 46.6. The number of carbonyl (C=O) groups excluding carboxylic acids is 1. The fourth-order valence-electron chi connectivity index (χ4n) is 2.69. The van der Waals surface area contributed by atoms with E-state index >= 15 is 0 Å². The van der Waals surface area contributed by atoms with Crippen LogP contribution in [0, 0.1) is 0 Å². The van der Waals surface area contributed by atoms with Gasteiger partial charge < -0.3 is 19.7 Å². The van der Waals surface area contributed by atoms with Crippen molar-refractivity contribution < 1.29 is 41.6 Å². The molecule has 0 saturated carbocycles. The molecule has 1 aliphatic heterocycles. The number of ketones is 1. The number of phenolic OH excluding ortho intramolecular Hbond substituents is 2. The predicted molar refractivity (Wildman–Crippen MR) is 86.9 cm³/mol. The zero-order valence-corrected chi connectivity index (χ0v) is 14.1. The highest BCUT2D eigenvalue weighted by Crippen LogP contribution is 2.43. The van der Waals surface area contributed by atoms with E-state index in [1.54, 1.807) is 12.1 Å². The molecule has 0 spiro atoms. The maximum atomic E-state index is 12.7. The Morgan fingerprint density at radius 1 is 1.15 bits per heavy atom. The Kier molecular flexibility index (Phi) is 4.48. The zero-order chi connectivity index (χ0) is 19.1. The second-order valence-corrected chi connectivity index (χ2v) is 6.51. The smallest absolute Gasteiger partial charge is 0.398 e. The molecule has 0 saturated heterocycles. The lowest BCUT2D eigenvalue weighted by Crippen LogP contribution is -2.39. The quantitative estimate of drug-likeness (QED) is 0.673. The fourth-order valence-corrected chi connectivity index (χ4v) is 3.14. The summed E-state index contributed by atoms with van der Waals surface area (Å²) in [5.74, 6) is -1.65. The van der Waals surface area contributed by atoms with Gasteiger partial charge in [-0.1, -0.05) is 12.1 Å². The molecule has 10 heteroatoms. The molecule has 0 aliphatic carbocycles. The fraction of sp³-hybridized carbons (Fsp3) is 0.188. The highest BCUT2D eigenvalue weighted by Gasteiger charge is 2.43. The van der Waals surface area contributed by atoms with Crippen LogP contribution in [0.2, 0.25) is 0 Å². The Labute approximate surface area is 148 Å². The highest BCUT2D eigenvalue weighted by atomic mass is 32.3. The zero-order valence-electron chi connectivity index (χ0n) is 13.3. The van der Waals surface area contributed by atoms with Gasteiger partial charge in [0.15, 0.2) is 12.2 Å².